The molecule has 0 aliphatic heterocycles. The molecule has 218 valence electrons. The molecule has 0 unspecified atom stereocenters. The fourth-order valence-electron chi connectivity index (χ4n) is 4.70. The number of ether oxygens (including phenoxy) is 2. The van der Waals surface area contributed by atoms with E-state index in [1.165, 1.54) is 12.1 Å². The smallest absolute Gasteiger partial charge is 0.323 e. The number of aliphatic carboxylic acids is 2. The number of carboxylic acids is 2. The van der Waals surface area contributed by atoms with E-state index in [0.717, 1.165) is 5.56 Å². The number of carboxylic acid groups (broad SMARTS) is 2. The lowest BCUT2D eigenvalue weighted by Crippen LogP contribution is -2.10. The van der Waals surface area contributed by atoms with E-state index in [4.69, 9.17) is 14.6 Å². The van der Waals surface area contributed by atoms with Gasteiger partial charge in [-0.05, 0) is 85.0 Å². The van der Waals surface area contributed by atoms with Gasteiger partial charge in [0, 0.05) is 17.5 Å². The number of halogens is 2. The van der Waals surface area contributed by atoms with Crippen molar-refractivity contribution in [2.45, 2.75) is 32.7 Å². The molecule has 2 N–H and O–H groups in total. The Morgan fingerprint density at radius 2 is 1.57 bits per heavy atom. The zero-order chi connectivity index (χ0) is 30.1. The van der Waals surface area contributed by atoms with Crippen LogP contribution in [0.5, 0.6) is 11.5 Å². The Kier molecular flexibility index (Phi) is 10.1. The highest BCUT2D eigenvalue weighted by Gasteiger charge is 2.21. The number of hydrogen-bond donors (Lipinski definition) is 2. The number of fused-ring (bicyclic) bond motifs is 1. The Bertz CT molecular complexity index is 1620. The van der Waals surface area contributed by atoms with Gasteiger partial charge in [0.25, 0.3) is 0 Å². The van der Waals surface area contributed by atoms with Crippen molar-refractivity contribution in [3.8, 4) is 11.5 Å². The minimum absolute atomic E-state index is 0.0633. The molecule has 0 fully saturated rings. The molecule has 3 aromatic carbocycles. The zero-order valence-electron chi connectivity index (χ0n) is 23.1. The van der Waals surface area contributed by atoms with Crippen molar-refractivity contribution >= 4 is 35.0 Å². The van der Waals surface area contributed by atoms with Crippen LogP contribution in [0.2, 0.25) is 0 Å². The highest BCUT2D eigenvalue weighted by atomic mass is 19.1. The summed E-state index contributed by atoms with van der Waals surface area (Å²) in [5.41, 5.74) is 3.18. The molecule has 0 aliphatic rings. The van der Waals surface area contributed by atoms with E-state index in [-0.39, 0.29) is 25.3 Å². The van der Waals surface area contributed by atoms with E-state index in [1.807, 2.05) is 18.2 Å². The van der Waals surface area contributed by atoms with Gasteiger partial charge in [-0.15, -0.1) is 0 Å². The molecule has 1 heterocycles. The van der Waals surface area contributed by atoms with E-state index < -0.39 is 23.6 Å². The van der Waals surface area contributed by atoms with Crippen LogP contribution in [0, 0.1) is 18.6 Å². The van der Waals surface area contributed by atoms with Gasteiger partial charge >= 0.3 is 11.9 Å². The lowest BCUT2D eigenvalue weighted by molar-refractivity contribution is -0.138. The molecule has 0 saturated carbocycles. The molecule has 4 aromatic rings. The first-order chi connectivity index (χ1) is 20.2. The Labute approximate surface area is 241 Å². The normalized spacial score (nSPS) is 11.5. The standard InChI is InChI=1S/C33H31F2NO6/c1-22-26(7-6-10-30(37)38)32-28(35)18-15-24(33(32)36(22)21-31(39)40)14-11-23-12-16-25(17-13-23)41-19-4-5-20-42-29-9-3-2-8-27(29)34/h2-5,8-9,11-18H,6-7,10,19-21H2,1H3,(H,37,38)(H,39,40)/b5-4+,14-11?. The first kappa shape index (κ1) is 30.0. The van der Waals surface area contributed by atoms with Crippen LogP contribution in [-0.2, 0) is 22.6 Å². The largest absolute Gasteiger partial charge is 0.490 e. The number of benzene rings is 3. The van der Waals surface area contributed by atoms with Gasteiger partial charge in [0.1, 0.15) is 31.3 Å². The Morgan fingerprint density at radius 1 is 0.857 bits per heavy atom. The molecule has 4 rings (SSSR count). The number of hydrogen-bond acceptors (Lipinski definition) is 4. The molecule has 0 amide bonds. The molecule has 1 aromatic heterocycles. The average Bonchev–Trinajstić information content (AvgIpc) is 3.23. The van der Waals surface area contributed by atoms with Crippen LogP contribution in [0.15, 0.2) is 72.8 Å². The van der Waals surface area contributed by atoms with Crippen LogP contribution in [-0.4, -0.2) is 39.9 Å². The maximum Gasteiger partial charge on any atom is 0.323 e. The van der Waals surface area contributed by atoms with Crippen LogP contribution in [0.4, 0.5) is 8.78 Å². The molecule has 42 heavy (non-hydrogen) atoms. The third-order valence-electron chi connectivity index (χ3n) is 6.70. The number of para-hydroxylation sites is 1. The number of rotatable bonds is 14. The van der Waals surface area contributed by atoms with Crippen molar-refractivity contribution in [2.75, 3.05) is 13.2 Å². The molecule has 0 saturated heterocycles. The predicted octanol–water partition coefficient (Wildman–Crippen LogP) is 6.90. The van der Waals surface area contributed by atoms with Gasteiger partial charge in [0.15, 0.2) is 11.6 Å². The minimum atomic E-state index is -1.06. The Hall–Kier alpha value is -4.92. The van der Waals surface area contributed by atoms with Crippen LogP contribution >= 0.6 is 0 Å². The SMILES string of the molecule is Cc1c(CCCC(=O)O)c2c(F)ccc(C=Cc3ccc(OC/C=C/COc4ccccc4F)cc3)c2n1CC(=O)O. The quantitative estimate of drug-likeness (QED) is 0.125. The second-order valence-corrected chi connectivity index (χ2v) is 9.58. The van der Waals surface area contributed by atoms with Crippen molar-refractivity contribution in [3.63, 3.8) is 0 Å². The summed E-state index contributed by atoms with van der Waals surface area (Å²) in [6, 6.07) is 16.5. The highest BCUT2D eigenvalue weighted by molar-refractivity contribution is 5.95. The fourth-order valence-corrected chi connectivity index (χ4v) is 4.70. The van der Waals surface area contributed by atoms with E-state index in [9.17, 15) is 19.1 Å². The van der Waals surface area contributed by atoms with Gasteiger partial charge in [-0.25, -0.2) is 8.78 Å². The molecule has 0 radical (unpaired) electrons. The summed E-state index contributed by atoms with van der Waals surface area (Å²) in [7, 11) is 0. The summed E-state index contributed by atoms with van der Waals surface area (Å²) in [6.07, 6.45) is 7.73. The molecule has 9 heteroatoms. The van der Waals surface area contributed by atoms with E-state index >= 15 is 4.39 Å². The van der Waals surface area contributed by atoms with E-state index in [1.54, 1.807) is 66.1 Å². The average molecular weight is 576 g/mol. The Balaban J connectivity index is 1.45. The molecular weight excluding hydrogens is 544 g/mol. The second-order valence-electron chi connectivity index (χ2n) is 9.58. The molecule has 0 aliphatic carbocycles. The van der Waals surface area contributed by atoms with Crippen molar-refractivity contribution < 1.29 is 38.1 Å². The van der Waals surface area contributed by atoms with E-state index in [0.29, 0.717) is 52.9 Å². The topological polar surface area (TPSA) is 98.0 Å². The van der Waals surface area contributed by atoms with Gasteiger partial charge in [-0.1, -0.05) is 36.4 Å². The molecular formula is C33H31F2NO6. The van der Waals surface area contributed by atoms with Gasteiger partial charge < -0.3 is 24.3 Å². The maximum atomic E-state index is 15.1. The number of aryl methyl sites for hydroxylation is 1. The third-order valence-corrected chi connectivity index (χ3v) is 6.70. The minimum Gasteiger partial charge on any atom is -0.490 e. The summed E-state index contributed by atoms with van der Waals surface area (Å²) in [5, 5.41) is 18.9. The first-order valence-corrected chi connectivity index (χ1v) is 13.4. The number of nitrogens with zero attached hydrogens (tertiary/aromatic N) is 1. The summed E-state index contributed by atoms with van der Waals surface area (Å²) in [6.45, 7) is 1.90. The third kappa shape index (κ3) is 7.63. The highest BCUT2D eigenvalue weighted by Crippen LogP contribution is 2.33. The van der Waals surface area contributed by atoms with Crippen molar-refractivity contribution in [3.05, 3.63) is 107 Å². The van der Waals surface area contributed by atoms with Crippen molar-refractivity contribution in [1.82, 2.24) is 4.57 Å². The maximum absolute atomic E-state index is 15.1. The summed E-state index contributed by atoms with van der Waals surface area (Å²) < 4.78 is 41.3. The van der Waals surface area contributed by atoms with Gasteiger partial charge in [0.2, 0.25) is 0 Å². The van der Waals surface area contributed by atoms with Crippen LogP contribution in [0.3, 0.4) is 0 Å². The summed E-state index contributed by atoms with van der Waals surface area (Å²) >= 11 is 0. The molecule has 0 spiro atoms. The zero-order valence-corrected chi connectivity index (χ0v) is 23.1. The fraction of sp³-hybridized carbons (Fsp3) is 0.212. The Morgan fingerprint density at radius 3 is 2.26 bits per heavy atom. The van der Waals surface area contributed by atoms with Crippen LogP contribution in [0.1, 0.15) is 35.2 Å². The lowest BCUT2D eigenvalue weighted by Gasteiger charge is -2.08. The molecule has 7 nitrogen and oxygen atoms in total. The second kappa shape index (κ2) is 14.1. The lowest BCUT2D eigenvalue weighted by atomic mass is 10.0. The van der Waals surface area contributed by atoms with Gasteiger partial charge in [-0.3, -0.25) is 9.59 Å². The number of carbonyl (C=O) groups is 2. The monoisotopic (exact) mass is 575 g/mol. The van der Waals surface area contributed by atoms with E-state index in [2.05, 4.69) is 0 Å². The molecule has 0 atom stereocenters. The van der Waals surface area contributed by atoms with Gasteiger partial charge in [0.05, 0.1) is 5.52 Å². The summed E-state index contributed by atoms with van der Waals surface area (Å²) in [5.74, 6) is -2.06. The number of aromatic nitrogens is 1. The van der Waals surface area contributed by atoms with Crippen molar-refractivity contribution in [1.29, 1.82) is 0 Å². The van der Waals surface area contributed by atoms with Crippen LogP contribution < -0.4 is 9.47 Å². The first-order valence-electron chi connectivity index (χ1n) is 13.4. The van der Waals surface area contributed by atoms with Gasteiger partial charge in [-0.2, -0.15) is 0 Å². The van der Waals surface area contributed by atoms with Crippen LogP contribution in [0.25, 0.3) is 23.1 Å². The summed E-state index contributed by atoms with van der Waals surface area (Å²) in [4.78, 5) is 22.6. The van der Waals surface area contributed by atoms with Crippen molar-refractivity contribution in [2.24, 2.45) is 0 Å². The predicted molar refractivity (Wildman–Crippen MR) is 157 cm³/mol. The molecule has 0 bridgehead atoms.